The Kier molecular flexibility index (Phi) is 9.56. The van der Waals surface area contributed by atoms with Gasteiger partial charge in [-0.05, 0) is 25.1 Å². The van der Waals surface area contributed by atoms with Crippen molar-refractivity contribution in [2.75, 3.05) is 26.9 Å². The van der Waals surface area contributed by atoms with Crippen LogP contribution >= 0.6 is 0 Å². The van der Waals surface area contributed by atoms with Crippen LogP contribution in [0.5, 0.6) is 28.7 Å². The fourth-order valence-corrected chi connectivity index (χ4v) is 3.50. The number of ether oxygens (including phenoxy) is 4. The van der Waals surface area contributed by atoms with Crippen molar-refractivity contribution >= 4 is 16.9 Å². The lowest BCUT2D eigenvalue weighted by atomic mass is 10.1. The van der Waals surface area contributed by atoms with Crippen molar-refractivity contribution in [3.05, 3.63) is 40.6 Å². The number of carboxylic acid groups (broad SMARTS) is 1. The molecule has 0 fully saturated rings. The molecule has 0 saturated heterocycles. The Bertz CT molecular complexity index is 1370. The Morgan fingerprint density at radius 2 is 1.77 bits per heavy atom. The number of carboxylic acids is 1. The van der Waals surface area contributed by atoms with Gasteiger partial charge in [-0.25, -0.2) is 4.79 Å². The van der Waals surface area contributed by atoms with Crippen LogP contribution in [0.2, 0.25) is 0 Å². The Morgan fingerprint density at radius 3 is 2.33 bits per heavy atom. The van der Waals surface area contributed by atoms with E-state index in [-0.39, 0.29) is 39.5 Å². The van der Waals surface area contributed by atoms with Crippen LogP contribution in [0.1, 0.15) is 6.92 Å². The molecule has 3 aromatic rings. The van der Waals surface area contributed by atoms with Crippen LogP contribution in [0.4, 0.5) is 0 Å². The highest BCUT2D eigenvalue weighted by Gasteiger charge is 2.29. The number of hydrogen-bond acceptors (Lipinski definition) is 13. The summed E-state index contributed by atoms with van der Waals surface area (Å²) in [7, 11) is 1.19. The number of aromatic hydroxyl groups is 2. The van der Waals surface area contributed by atoms with Crippen molar-refractivity contribution in [3.8, 4) is 40.1 Å². The van der Waals surface area contributed by atoms with Gasteiger partial charge >= 0.3 is 5.97 Å². The monoisotopic (exact) mass is 552 g/mol. The first-order valence-electron chi connectivity index (χ1n) is 11.5. The summed E-state index contributed by atoms with van der Waals surface area (Å²) < 4.78 is 27.5. The summed E-state index contributed by atoms with van der Waals surface area (Å²) in [5.74, 6) is -3.26. The molecular formula is C25H28O14. The van der Waals surface area contributed by atoms with E-state index in [2.05, 4.69) is 0 Å². The fraction of sp³-hybridized carbons (Fsp3) is 0.360. The number of aliphatic carboxylic acids is 1. The van der Waals surface area contributed by atoms with E-state index >= 15 is 0 Å². The number of phenols is 2. The molecule has 0 spiro atoms. The molecule has 0 aliphatic carbocycles. The van der Waals surface area contributed by atoms with Crippen LogP contribution in [-0.4, -0.2) is 93.2 Å². The van der Waals surface area contributed by atoms with Gasteiger partial charge in [0.15, 0.2) is 23.9 Å². The van der Waals surface area contributed by atoms with Crippen molar-refractivity contribution in [2.45, 2.75) is 31.5 Å². The van der Waals surface area contributed by atoms with Crippen LogP contribution in [0.25, 0.3) is 22.3 Å². The van der Waals surface area contributed by atoms with E-state index in [1.54, 1.807) is 0 Å². The van der Waals surface area contributed by atoms with Crippen LogP contribution < -0.4 is 19.6 Å². The van der Waals surface area contributed by atoms with Gasteiger partial charge < -0.3 is 59.1 Å². The minimum Gasteiger partial charge on any atom is -0.504 e. The maximum atomic E-state index is 13.4. The summed E-state index contributed by atoms with van der Waals surface area (Å²) >= 11 is 0. The minimum atomic E-state index is -1.66. The van der Waals surface area contributed by atoms with Crippen molar-refractivity contribution in [1.82, 2.24) is 0 Å². The van der Waals surface area contributed by atoms with Gasteiger partial charge in [-0.1, -0.05) is 0 Å². The second-order valence-corrected chi connectivity index (χ2v) is 8.31. The Morgan fingerprint density at radius 1 is 1.05 bits per heavy atom. The summed E-state index contributed by atoms with van der Waals surface area (Å²) in [6.45, 7) is -1.03. The van der Waals surface area contributed by atoms with Gasteiger partial charge in [-0.3, -0.25) is 4.79 Å². The quantitative estimate of drug-likeness (QED) is 0.111. The highest BCUT2D eigenvalue weighted by atomic mass is 16.7. The Hall–Kier alpha value is -4.08. The standard InChI is InChI=1S/C25H28O14/c1-11(28)19(9-27)39-25(16(31)8-26)37-13-6-17(36-10-20(32)33)21-18(7-13)38-23(24(35-2)22(21)34)12-3-4-14(29)15(30)5-12/h3-7,11,16,19,25-31H,8-10H2,1-2H3,(H,32,33). The molecule has 0 bridgehead atoms. The molecule has 0 amide bonds. The molecule has 7 N–H and O–H groups in total. The molecule has 1 aromatic heterocycles. The number of hydrogen-bond donors (Lipinski definition) is 7. The normalized spacial score (nSPS) is 14.4. The number of fused-ring (bicyclic) bond motifs is 1. The smallest absolute Gasteiger partial charge is 0.341 e. The third kappa shape index (κ3) is 6.68. The average molecular weight is 552 g/mol. The van der Waals surface area contributed by atoms with Gasteiger partial charge in [0.2, 0.25) is 17.5 Å². The Labute approximate surface area is 220 Å². The highest BCUT2D eigenvalue weighted by molar-refractivity contribution is 5.89. The SMILES string of the molecule is COc1c(-c2ccc(O)c(O)c2)oc2cc(OC(OC(CO)C(C)O)C(O)CO)cc(OCC(=O)O)c2c1=O. The van der Waals surface area contributed by atoms with Gasteiger partial charge in [0.1, 0.15) is 34.7 Å². The number of aliphatic hydroxyl groups excluding tert-OH is 4. The highest BCUT2D eigenvalue weighted by Crippen LogP contribution is 2.39. The summed E-state index contributed by atoms with van der Waals surface area (Å²) in [5, 5.41) is 67.4. The zero-order valence-corrected chi connectivity index (χ0v) is 20.8. The van der Waals surface area contributed by atoms with Crippen molar-refractivity contribution < 1.29 is 63.9 Å². The predicted molar refractivity (Wildman–Crippen MR) is 132 cm³/mol. The first-order chi connectivity index (χ1) is 18.5. The second kappa shape index (κ2) is 12.6. The molecule has 4 atom stereocenters. The van der Waals surface area contributed by atoms with E-state index in [0.717, 1.165) is 18.2 Å². The van der Waals surface area contributed by atoms with Crippen molar-refractivity contribution in [1.29, 1.82) is 0 Å². The summed E-state index contributed by atoms with van der Waals surface area (Å²) in [5.41, 5.74) is -0.835. The van der Waals surface area contributed by atoms with Gasteiger partial charge in [0, 0.05) is 17.7 Å². The first kappa shape index (κ1) is 29.5. The fourth-order valence-electron chi connectivity index (χ4n) is 3.50. The molecule has 0 radical (unpaired) electrons. The molecule has 14 nitrogen and oxygen atoms in total. The van der Waals surface area contributed by atoms with E-state index in [1.807, 2.05) is 0 Å². The van der Waals surface area contributed by atoms with E-state index < -0.39 is 67.3 Å². The maximum Gasteiger partial charge on any atom is 0.341 e. The lowest BCUT2D eigenvalue weighted by molar-refractivity contribution is -0.205. The summed E-state index contributed by atoms with van der Waals surface area (Å²) in [4.78, 5) is 24.6. The Balaban J connectivity index is 2.21. The molecule has 39 heavy (non-hydrogen) atoms. The number of methoxy groups -OCH3 is 1. The molecule has 14 heteroatoms. The molecule has 0 saturated carbocycles. The van der Waals surface area contributed by atoms with Crippen LogP contribution in [-0.2, 0) is 9.53 Å². The number of rotatable bonds is 13. The average Bonchev–Trinajstić information content (AvgIpc) is 2.90. The zero-order valence-electron chi connectivity index (χ0n) is 20.8. The van der Waals surface area contributed by atoms with Crippen LogP contribution in [0.15, 0.2) is 39.5 Å². The molecule has 212 valence electrons. The second-order valence-electron chi connectivity index (χ2n) is 8.31. The summed E-state index contributed by atoms with van der Waals surface area (Å²) in [6.07, 6.45) is -5.71. The van der Waals surface area contributed by atoms with Gasteiger partial charge in [-0.2, -0.15) is 0 Å². The third-order valence-electron chi connectivity index (χ3n) is 5.46. The number of aliphatic hydroxyl groups is 4. The topological polar surface area (TPSA) is 226 Å². The molecule has 3 rings (SSSR count). The van der Waals surface area contributed by atoms with Crippen molar-refractivity contribution in [3.63, 3.8) is 0 Å². The van der Waals surface area contributed by atoms with Gasteiger partial charge in [0.25, 0.3) is 0 Å². The molecule has 2 aromatic carbocycles. The summed E-state index contributed by atoms with van der Waals surface area (Å²) in [6, 6.07) is 5.93. The van der Waals surface area contributed by atoms with E-state index in [4.69, 9.17) is 28.5 Å². The number of benzene rings is 2. The zero-order chi connectivity index (χ0) is 28.9. The van der Waals surface area contributed by atoms with E-state index in [9.17, 15) is 40.2 Å². The molecular weight excluding hydrogens is 524 g/mol. The van der Waals surface area contributed by atoms with E-state index in [0.29, 0.717) is 0 Å². The lowest BCUT2D eigenvalue weighted by Gasteiger charge is -2.28. The van der Waals surface area contributed by atoms with Crippen LogP contribution in [0.3, 0.4) is 0 Å². The molecule has 0 aliphatic rings. The molecule has 4 unspecified atom stereocenters. The number of phenolic OH excluding ortho intramolecular Hbond substituents is 2. The maximum absolute atomic E-state index is 13.4. The molecule has 1 heterocycles. The largest absolute Gasteiger partial charge is 0.504 e. The lowest BCUT2D eigenvalue weighted by Crippen LogP contribution is -2.43. The number of carbonyl (C=O) groups is 1. The van der Waals surface area contributed by atoms with E-state index in [1.165, 1.54) is 26.2 Å². The first-order valence-corrected chi connectivity index (χ1v) is 11.5. The molecule has 0 aliphatic heterocycles. The van der Waals surface area contributed by atoms with Gasteiger partial charge in [0.05, 0.1) is 26.4 Å². The van der Waals surface area contributed by atoms with Gasteiger partial charge in [-0.15, -0.1) is 0 Å². The van der Waals surface area contributed by atoms with Crippen molar-refractivity contribution in [2.24, 2.45) is 0 Å². The third-order valence-corrected chi connectivity index (χ3v) is 5.46. The van der Waals surface area contributed by atoms with Crippen LogP contribution in [0, 0.1) is 0 Å². The minimum absolute atomic E-state index is 0.139. The predicted octanol–water partition coefficient (Wildman–Crippen LogP) is 0.160.